The second kappa shape index (κ2) is 4.15. The van der Waals surface area contributed by atoms with E-state index in [4.69, 9.17) is 11.0 Å². The molecule has 1 saturated carbocycles. The van der Waals surface area contributed by atoms with Crippen LogP contribution >= 0.6 is 0 Å². The van der Waals surface area contributed by atoms with Gasteiger partial charge < -0.3 is 10.8 Å². The topological polar surface area (TPSA) is 70.0 Å². The van der Waals surface area contributed by atoms with E-state index in [2.05, 4.69) is 0 Å². The van der Waals surface area contributed by atoms with Gasteiger partial charge in [-0.25, -0.2) is 0 Å². The smallest absolute Gasteiger partial charge is 0.133 e. The van der Waals surface area contributed by atoms with Crippen LogP contribution in [0.15, 0.2) is 18.2 Å². The lowest BCUT2D eigenvalue weighted by Crippen LogP contribution is -2.32. The van der Waals surface area contributed by atoms with Gasteiger partial charge in [0.1, 0.15) is 11.8 Å². The Morgan fingerprint density at radius 2 is 2.06 bits per heavy atom. The summed E-state index contributed by atoms with van der Waals surface area (Å²) >= 11 is 0. The molecule has 3 nitrogen and oxygen atoms in total. The van der Waals surface area contributed by atoms with E-state index in [1.807, 2.05) is 12.1 Å². The fourth-order valence-corrected chi connectivity index (χ4v) is 2.62. The maximum Gasteiger partial charge on any atom is 0.133 e. The van der Waals surface area contributed by atoms with Gasteiger partial charge in [0.25, 0.3) is 0 Å². The molecule has 84 valence electrons. The number of phenols is 1. The largest absolute Gasteiger partial charge is 0.507 e. The van der Waals surface area contributed by atoms with Gasteiger partial charge >= 0.3 is 0 Å². The van der Waals surface area contributed by atoms with Crippen molar-refractivity contribution in [3.05, 3.63) is 29.3 Å². The Bertz CT molecular complexity index is 428. The number of benzene rings is 1. The summed E-state index contributed by atoms with van der Waals surface area (Å²) in [7, 11) is 0. The normalized spacial score (nSPS) is 18.2. The van der Waals surface area contributed by atoms with Crippen molar-refractivity contribution >= 4 is 0 Å². The van der Waals surface area contributed by atoms with Crippen LogP contribution in [0.25, 0.3) is 0 Å². The van der Waals surface area contributed by atoms with E-state index in [-0.39, 0.29) is 11.2 Å². The van der Waals surface area contributed by atoms with Crippen LogP contribution in [0, 0.1) is 11.3 Å². The molecule has 1 fully saturated rings. The van der Waals surface area contributed by atoms with Gasteiger partial charge in [0.05, 0.1) is 5.56 Å². The fourth-order valence-electron chi connectivity index (χ4n) is 2.62. The van der Waals surface area contributed by atoms with E-state index < -0.39 is 0 Å². The molecule has 0 atom stereocenters. The summed E-state index contributed by atoms with van der Waals surface area (Å²) in [6.45, 7) is 0.614. The van der Waals surface area contributed by atoms with Gasteiger partial charge in [-0.3, -0.25) is 0 Å². The monoisotopic (exact) mass is 216 g/mol. The van der Waals surface area contributed by atoms with Crippen molar-refractivity contribution in [2.75, 3.05) is 6.54 Å². The predicted octanol–water partition coefficient (Wildman–Crippen LogP) is 2.03. The van der Waals surface area contributed by atoms with Crippen molar-refractivity contribution in [2.24, 2.45) is 5.73 Å². The van der Waals surface area contributed by atoms with E-state index >= 15 is 0 Å². The third kappa shape index (κ3) is 1.66. The van der Waals surface area contributed by atoms with Crippen molar-refractivity contribution in [1.82, 2.24) is 0 Å². The molecule has 0 saturated heterocycles. The Hall–Kier alpha value is -1.53. The average Bonchev–Trinajstić information content (AvgIpc) is 2.79. The zero-order chi connectivity index (χ0) is 11.6. The minimum Gasteiger partial charge on any atom is -0.507 e. The first-order valence-corrected chi connectivity index (χ1v) is 5.65. The van der Waals surface area contributed by atoms with Crippen molar-refractivity contribution in [3.8, 4) is 11.8 Å². The lowest BCUT2D eigenvalue weighted by molar-refractivity contribution is 0.448. The second-order valence-corrected chi connectivity index (χ2v) is 4.54. The molecule has 0 heterocycles. The highest BCUT2D eigenvalue weighted by Crippen LogP contribution is 2.41. The molecule has 0 spiro atoms. The third-order valence-electron chi connectivity index (χ3n) is 3.68. The summed E-state index contributed by atoms with van der Waals surface area (Å²) in [6, 6.07) is 7.29. The number of phenolic OH excluding ortho intramolecular Hbond substituents is 1. The molecule has 1 aromatic rings. The van der Waals surface area contributed by atoms with Crippen LogP contribution in [0.2, 0.25) is 0 Å². The molecular formula is C13H16N2O. The number of hydrogen-bond donors (Lipinski definition) is 2. The summed E-state index contributed by atoms with van der Waals surface area (Å²) in [6.07, 6.45) is 4.55. The summed E-state index contributed by atoms with van der Waals surface area (Å²) in [5, 5.41) is 18.4. The average molecular weight is 216 g/mol. The summed E-state index contributed by atoms with van der Waals surface area (Å²) in [4.78, 5) is 0. The minimum absolute atomic E-state index is 0.0271. The first-order chi connectivity index (χ1) is 7.72. The van der Waals surface area contributed by atoms with Crippen LogP contribution in [0.1, 0.15) is 36.8 Å². The number of nitrogens with two attached hydrogens (primary N) is 1. The van der Waals surface area contributed by atoms with Crippen LogP contribution < -0.4 is 5.73 Å². The molecule has 1 aromatic carbocycles. The number of hydrogen-bond acceptors (Lipinski definition) is 3. The Kier molecular flexibility index (Phi) is 2.84. The van der Waals surface area contributed by atoms with Gasteiger partial charge in [-0.1, -0.05) is 18.9 Å². The van der Waals surface area contributed by atoms with Gasteiger partial charge in [-0.05, 0) is 30.5 Å². The lowest BCUT2D eigenvalue weighted by atomic mass is 9.78. The van der Waals surface area contributed by atoms with Crippen LogP contribution in [0.4, 0.5) is 0 Å². The summed E-state index contributed by atoms with van der Waals surface area (Å²) in [5.41, 5.74) is 7.36. The molecule has 0 aliphatic heterocycles. The van der Waals surface area contributed by atoms with Gasteiger partial charge in [-0.2, -0.15) is 5.26 Å². The van der Waals surface area contributed by atoms with E-state index in [0.717, 1.165) is 18.4 Å². The van der Waals surface area contributed by atoms with Gasteiger partial charge in [0.15, 0.2) is 0 Å². The zero-order valence-corrected chi connectivity index (χ0v) is 9.24. The number of rotatable bonds is 2. The number of aromatic hydroxyl groups is 1. The number of nitriles is 1. The van der Waals surface area contributed by atoms with Crippen LogP contribution in [0.5, 0.6) is 5.75 Å². The van der Waals surface area contributed by atoms with Crippen molar-refractivity contribution in [3.63, 3.8) is 0 Å². The highest BCUT2D eigenvalue weighted by Gasteiger charge is 2.34. The van der Waals surface area contributed by atoms with Gasteiger partial charge in [-0.15, -0.1) is 0 Å². The van der Waals surface area contributed by atoms with E-state index in [1.54, 1.807) is 12.1 Å². The summed E-state index contributed by atoms with van der Waals surface area (Å²) in [5.74, 6) is 0.0522. The van der Waals surface area contributed by atoms with Crippen LogP contribution in [-0.2, 0) is 5.41 Å². The SMILES string of the molecule is N#Cc1cc(C2(CN)CCCC2)ccc1O. The standard InChI is InChI=1S/C13H16N2O/c14-8-10-7-11(3-4-12(10)16)13(9-15)5-1-2-6-13/h3-4,7,16H,1-2,5-6,9,15H2. The van der Waals surface area contributed by atoms with Gasteiger partial charge in [0, 0.05) is 12.0 Å². The van der Waals surface area contributed by atoms with Crippen LogP contribution in [0.3, 0.4) is 0 Å². The first kappa shape index (κ1) is 11.0. The molecule has 0 radical (unpaired) electrons. The maximum atomic E-state index is 9.48. The molecule has 16 heavy (non-hydrogen) atoms. The fraction of sp³-hybridized carbons (Fsp3) is 0.462. The molecule has 0 aromatic heterocycles. The highest BCUT2D eigenvalue weighted by atomic mass is 16.3. The zero-order valence-electron chi connectivity index (χ0n) is 9.24. The molecule has 3 N–H and O–H groups in total. The maximum absolute atomic E-state index is 9.48. The Morgan fingerprint density at radius 1 is 1.38 bits per heavy atom. The molecule has 2 rings (SSSR count). The molecular weight excluding hydrogens is 200 g/mol. The quantitative estimate of drug-likeness (QED) is 0.794. The van der Waals surface area contributed by atoms with Crippen molar-refractivity contribution < 1.29 is 5.11 Å². The van der Waals surface area contributed by atoms with Crippen molar-refractivity contribution in [1.29, 1.82) is 5.26 Å². The first-order valence-electron chi connectivity index (χ1n) is 5.65. The second-order valence-electron chi connectivity index (χ2n) is 4.54. The molecule has 1 aliphatic rings. The molecule has 0 amide bonds. The van der Waals surface area contributed by atoms with Crippen molar-refractivity contribution in [2.45, 2.75) is 31.1 Å². The minimum atomic E-state index is 0.0271. The third-order valence-corrected chi connectivity index (χ3v) is 3.68. The Labute approximate surface area is 95.5 Å². The summed E-state index contributed by atoms with van der Waals surface area (Å²) < 4.78 is 0. The van der Waals surface area contributed by atoms with Gasteiger partial charge in [0.2, 0.25) is 0 Å². The van der Waals surface area contributed by atoms with Crippen LogP contribution in [-0.4, -0.2) is 11.7 Å². The van der Waals surface area contributed by atoms with E-state index in [1.165, 1.54) is 12.8 Å². The Morgan fingerprint density at radius 3 is 2.62 bits per heavy atom. The number of nitrogens with zero attached hydrogens (tertiary/aromatic N) is 1. The van der Waals surface area contributed by atoms with E-state index in [0.29, 0.717) is 12.1 Å². The predicted molar refractivity (Wildman–Crippen MR) is 62.0 cm³/mol. The molecule has 3 heteroatoms. The Balaban J connectivity index is 2.43. The van der Waals surface area contributed by atoms with E-state index in [9.17, 15) is 5.11 Å². The highest BCUT2D eigenvalue weighted by molar-refractivity contribution is 5.46. The lowest BCUT2D eigenvalue weighted by Gasteiger charge is -2.28. The molecule has 0 bridgehead atoms. The molecule has 0 unspecified atom stereocenters. The molecule has 1 aliphatic carbocycles.